The number of anilines is 1. The number of fused-ring (bicyclic) bond motifs is 1. The molecule has 9 heteroatoms. The Hall–Kier alpha value is -3.07. The Balaban J connectivity index is 1.32. The van der Waals surface area contributed by atoms with E-state index in [0.29, 0.717) is 31.7 Å². The normalized spacial score (nSPS) is 21.8. The number of carbonyl (C=O) groups excluding carboxylic acids is 2. The highest BCUT2D eigenvalue weighted by atomic mass is 16.6. The molecule has 4 rings (SSSR count). The molecule has 2 atom stereocenters. The van der Waals surface area contributed by atoms with Gasteiger partial charge in [-0.25, -0.2) is 5.43 Å². The van der Waals surface area contributed by atoms with Gasteiger partial charge in [-0.1, -0.05) is 12.1 Å². The van der Waals surface area contributed by atoms with Crippen molar-refractivity contribution in [1.82, 2.24) is 20.6 Å². The number of carbonyl (C=O) groups is 2. The third kappa shape index (κ3) is 3.62. The van der Waals surface area contributed by atoms with E-state index in [1.54, 1.807) is 17.1 Å². The molecule has 9 nitrogen and oxygen atoms in total. The topological polar surface area (TPSA) is 107 Å². The molecule has 2 aliphatic heterocycles. The van der Waals surface area contributed by atoms with E-state index in [2.05, 4.69) is 21.3 Å². The van der Waals surface area contributed by atoms with Crippen LogP contribution in [0.5, 0.6) is 11.5 Å². The van der Waals surface area contributed by atoms with Crippen molar-refractivity contribution in [1.29, 1.82) is 0 Å². The number of hydrazine groups is 1. The van der Waals surface area contributed by atoms with E-state index in [-0.39, 0.29) is 17.9 Å². The average molecular weight is 357 g/mol. The van der Waals surface area contributed by atoms with E-state index >= 15 is 0 Å². The van der Waals surface area contributed by atoms with Crippen LogP contribution in [0.15, 0.2) is 36.7 Å². The van der Waals surface area contributed by atoms with Gasteiger partial charge in [-0.15, -0.1) is 0 Å². The van der Waals surface area contributed by atoms with Crippen molar-refractivity contribution in [3.05, 3.63) is 36.7 Å². The quantitative estimate of drug-likeness (QED) is 0.733. The molecule has 2 amide bonds. The largest absolute Gasteiger partial charge is 0.486 e. The molecule has 1 fully saturated rings. The number of rotatable bonds is 4. The van der Waals surface area contributed by atoms with Gasteiger partial charge in [-0.3, -0.25) is 19.7 Å². The number of hydrogen-bond donors (Lipinski definition) is 3. The molecule has 1 aromatic heterocycles. The second kappa shape index (κ2) is 7.04. The third-order valence-corrected chi connectivity index (χ3v) is 4.22. The lowest BCUT2D eigenvalue weighted by molar-refractivity contribution is -0.126. The third-order valence-electron chi connectivity index (χ3n) is 4.22. The smallest absolute Gasteiger partial charge is 0.243 e. The standard InChI is InChI=1S/C17H19N5O4/c23-16-6-5-13(20-21-16)17(24)19-11-7-18-22(8-11)9-12-10-25-14-3-1-2-4-15(14)26-12/h1-4,7-8,12-13,20H,5-6,9-10H2,(H,19,24)(H,21,23). The second-order valence-corrected chi connectivity index (χ2v) is 6.22. The number of ether oxygens (including phenoxy) is 2. The molecule has 0 radical (unpaired) electrons. The van der Waals surface area contributed by atoms with Crippen molar-refractivity contribution in [2.75, 3.05) is 11.9 Å². The van der Waals surface area contributed by atoms with Crippen LogP contribution < -0.4 is 25.6 Å². The van der Waals surface area contributed by atoms with Crippen LogP contribution in [0.25, 0.3) is 0 Å². The molecule has 2 aliphatic rings. The highest BCUT2D eigenvalue weighted by Gasteiger charge is 2.25. The zero-order valence-electron chi connectivity index (χ0n) is 14.0. The van der Waals surface area contributed by atoms with Crippen LogP contribution in [0.3, 0.4) is 0 Å². The molecule has 0 saturated carbocycles. The molecule has 136 valence electrons. The Labute approximate surface area is 149 Å². The van der Waals surface area contributed by atoms with Crippen molar-refractivity contribution in [2.24, 2.45) is 0 Å². The summed E-state index contributed by atoms with van der Waals surface area (Å²) in [6, 6.07) is 7.08. The van der Waals surface area contributed by atoms with Gasteiger partial charge >= 0.3 is 0 Å². The maximum atomic E-state index is 12.2. The van der Waals surface area contributed by atoms with Gasteiger partial charge in [0.2, 0.25) is 11.8 Å². The molecule has 3 N–H and O–H groups in total. The van der Waals surface area contributed by atoms with E-state index < -0.39 is 6.04 Å². The predicted molar refractivity (Wildman–Crippen MR) is 91.5 cm³/mol. The Morgan fingerprint density at radius 1 is 1.35 bits per heavy atom. The van der Waals surface area contributed by atoms with Gasteiger partial charge in [0.25, 0.3) is 0 Å². The van der Waals surface area contributed by atoms with Gasteiger partial charge in [0.05, 0.1) is 18.4 Å². The summed E-state index contributed by atoms with van der Waals surface area (Å²) < 4.78 is 13.3. The number of nitrogens with zero attached hydrogens (tertiary/aromatic N) is 2. The predicted octanol–water partition coefficient (Wildman–Crippen LogP) is 0.445. The maximum Gasteiger partial charge on any atom is 0.243 e. The zero-order valence-corrected chi connectivity index (χ0v) is 14.0. The Bertz CT molecular complexity index is 811. The van der Waals surface area contributed by atoms with Crippen molar-refractivity contribution in [3.8, 4) is 11.5 Å². The van der Waals surface area contributed by atoms with Crippen LogP contribution >= 0.6 is 0 Å². The number of benzene rings is 1. The minimum atomic E-state index is -0.456. The lowest BCUT2D eigenvalue weighted by Crippen LogP contribution is -2.54. The molecule has 0 bridgehead atoms. The van der Waals surface area contributed by atoms with Crippen LogP contribution in [0.4, 0.5) is 5.69 Å². The van der Waals surface area contributed by atoms with Gasteiger partial charge in [-0.2, -0.15) is 5.10 Å². The van der Waals surface area contributed by atoms with Crippen LogP contribution in [0.2, 0.25) is 0 Å². The van der Waals surface area contributed by atoms with E-state index in [0.717, 1.165) is 11.5 Å². The van der Waals surface area contributed by atoms with E-state index in [4.69, 9.17) is 9.47 Å². The summed E-state index contributed by atoms with van der Waals surface area (Å²) in [7, 11) is 0. The lowest BCUT2D eigenvalue weighted by Gasteiger charge is -2.26. The summed E-state index contributed by atoms with van der Waals surface area (Å²) >= 11 is 0. The van der Waals surface area contributed by atoms with Crippen molar-refractivity contribution >= 4 is 17.5 Å². The number of hydrogen-bond acceptors (Lipinski definition) is 6. The van der Waals surface area contributed by atoms with Crippen LogP contribution in [-0.4, -0.2) is 40.3 Å². The zero-order chi connectivity index (χ0) is 17.9. The first kappa shape index (κ1) is 16.4. The highest BCUT2D eigenvalue weighted by Crippen LogP contribution is 2.31. The number of aromatic nitrogens is 2. The molecule has 0 aliphatic carbocycles. The number of amides is 2. The fourth-order valence-electron chi connectivity index (χ4n) is 2.89. The Morgan fingerprint density at radius 3 is 3.00 bits per heavy atom. The molecule has 2 unspecified atom stereocenters. The molecule has 1 aromatic carbocycles. The van der Waals surface area contributed by atoms with Gasteiger partial charge in [-0.05, 0) is 18.6 Å². The first-order valence-electron chi connectivity index (χ1n) is 8.43. The molecule has 1 saturated heterocycles. The molecular weight excluding hydrogens is 338 g/mol. The first-order chi connectivity index (χ1) is 12.7. The van der Waals surface area contributed by atoms with Crippen molar-refractivity contribution in [3.63, 3.8) is 0 Å². The minimum Gasteiger partial charge on any atom is -0.486 e. The SMILES string of the molecule is O=C1CCC(C(=O)Nc2cnn(CC3COc4ccccc4O3)c2)NN1. The average Bonchev–Trinajstić information content (AvgIpc) is 3.09. The lowest BCUT2D eigenvalue weighted by atomic mass is 10.1. The molecule has 2 aromatic rings. The molecule has 3 heterocycles. The fraction of sp³-hybridized carbons (Fsp3) is 0.353. The van der Waals surface area contributed by atoms with Crippen LogP contribution in [0.1, 0.15) is 12.8 Å². The van der Waals surface area contributed by atoms with Crippen LogP contribution in [-0.2, 0) is 16.1 Å². The monoisotopic (exact) mass is 357 g/mol. The van der Waals surface area contributed by atoms with E-state index in [1.807, 2.05) is 24.3 Å². The summed E-state index contributed by atoms with van der Waals surface area (Å²) in [6.07, 6.45) is 3.94. The van der Waals surface area contributed by atoms with Crippen LogP contribution in [0, 0.1) is 0 Å². The summed E-state index contributed by atoms with van der Waals surface area (Å²) in [4.78, 5) is 23.3. The highest BCUT2D eigenvalue weighted by molar-refractivity contribution is 5.95. The summed E-state index contributed by atoms with van der Waals surface area (Å²) in [6.45, 7) is 0.937. The summed E-state index contributed by atoms with van der Waals surface area (Å²) in [5.41, 5.74) is 5.75. The van der Waals surface area contributed by atoms with Gasteiger partial charge < -0.3 is 14.8 Å². The van der Waals surface area contributed by atoms with Gasteiger partial charge in [0.15, 0.2) is 17.6 Å². The molecule has 0 spiro atoms. The first-order valence-corrected chi connectivity index (χ1v) is 8.43. The van der Waals surface area contributed by atoms with Gasteiger partial charge in [0, 0.05) is 12.6 Å². The minimum absolute atomic E-state index is 0.113. The Morgan fingerprint density at radius 2 is 2.19 bits per heavy atom. The van der Waals surface area contributed by atoms with E-state index in [1.165, 1.54) is 0 Å². The molecular formula is C17H19N5O4. The van der Waals surface area contributed by atoms with Crippen molar-refractivity contribution in [2.45, 2.75) is 31.5 Å². The summed E-state index contributed by atoms with van der Waals surface area (Å²) in [5, 5.41) is 7.04. The fourth-order valence-corrected chi connectivity index (χ4v) is 2.89. The second-order valence-electron chi connectivity index (χ2n) is 6.22. The summed E-state index contributed by atoms with van der Waals surface area (Å²) in [5.74, 6) is 1.13. The van der Waals surface area contributed by atoms with Crippen molar-refractivity contribution < 1.29 is 19.1 Å². The van der Waals surface area contributed by atoms with Gasteiger partial charge in [0.1, 0.15) is 12.6 Å². The Kier molecular flexibility index (Phi) is 4.44. The van der Waals surface area contributed by atoms with E-state index in [9.17, 15) is 9.59 Å². The maximum absolute atomic E-state index is 12.2. The number of nitrogens with one attached hydrogen (secondary N) is 3. The number of para-hydroxylation sites is 2. The molecule has 26 heavy (non-hydrogen) atoms.